The molecule has 19 heavy (non-hydrogen) atoms. The van der Waals surface area contributed by atoms with Gasteiger partial charge in [-0.2, -0.15) is 0 Å². The van der Waals surface area contributed by atoms with E-state index in [1.165, 1.54) is 0 Å². The van der Waals surface area contributed by atoms with Crippen LogP contribution in [-0.4, -0.2) is 29.8 Å². The van der Waals surface area contributed by atoms with E-state index in [0.717, 1.165) is 36.5 Å². The number of aromatic nitrogens is 1. The van der Waals surface area contributed by atoms with Crippen molar-refractivity contribution in [2.75, 3.05) is 6.61 Å². The molecule has 2 heterocycles. The van der Waals surface area contributed by atoms with E-state index in [-0.39, 0.29) is 18.1 Å². The van der Waals surface area contributed by atoms with E-state index in [1.54, 1.807) is 0 Å². The normalized spacial score (nSPS) is 20.5. The molecular weight excluding hydrogens is 244 g/mol. The lowest BCUT2D eigenvalue weighted by atomic mass is 10.1. The summed E-state index contributed by atoms with van der Waals surface area (Å²) in [5.41, 5.74) is 1.91. The molecule has 1 saturated heterocycles. The van der Waals surface area contributed by atoms with E-state index in [2.05, 4.69) is 10.5 Å². The van der Waals surface area contributed by atoms with Crippen molar-refractivity contribution in [1.82, 2.24) is 10.5 Å². The number of aryl methyl sites for hydroxylation is 2. The summed E-state index contributed by atoms with van der Waals surface area (Å²) in [6.07, 6.45) is 3.42. The highest BCUT2D eigenvalue weighted by Gasteiger charge is 2.23. The van der Waals surface area contributed by atoms with Crippen LogP contribution in [-0.2, 0) is 16.0 Å². The Morgan fingerprint density at radius 1 is 1.53 bits per heavy atom. The molecule has 1 aromatic rings. The first kappa shape index (κ1) is 14.1. The average molecular weight is 266 g/mol. The fourth-order valence-electron chi connectivity index (χ4n) is 2.51. The van der Waals surface area contributed by atoms with Crippen LogP contribution in [0.2, 0.25) is 0 Å². The maximum Gasteiger partial charge on any atom is 0.220 e. The monoisotopic (exact) mass is 266 g/mol. The third-order valence-corrected chi connectivity index (χ3v) is 3.69. The summed E-state index contributed by atoms with van der Waals surface area (Å²) < 4.78 is 10.7. The minimum atomic E-state index is 0.0583. The minimum absolute atomic E-state index is 0.0583. The van der Waals surface area contributed by atoms with E-state index in [1.807, 2.05) is 20.8 Å². The Morgan fingerprint density at radius 3 is 2.89 bits per heavy atom. The molecule has 1 N–H and O–H groups in total. The standard InChI is InChI=1S/C14H22N2O3/c1-9-12(11(3)19-16-9)6-7-14(17)15-10(2)13-5-4-8-18-13/h10,13H,4-8H2,1-3H3,(H,15,17)/t10-,13-/m1/s1. The summed E-state index contributed by atoms with van der Waals surface area (Å²) in [5, 5.41) is 6.90. The third kappa shape index (κ3) is 3.56. The molecule has 2 rings (SSSR count). The van der Waals surface area contributed by atoms with Crippen LogP contribution in [0.4, 0.5) is 0 Å². The Balaban J connectivity index is 1.78. The minimum Gasteiger partial charge on any atom is -0.376 e. The van der Waals surface area contributed by atoms with Gasteiger partial charge in [0.2, 0.25) is 5.91 Å². The molecule has 1 amide bonds. The number of nitrogens with one attached hydrogen (secondary N) is 1. The number of carbonyl (C=O) groups excluding carboxylic acids is 1. The molecule has 0 saturated carbocycles. The predicted octanol–water partition coefficient (Wildman–Crippen LogP) is 1.91. The summed E-state index contributed by atoms with van der Waals surface area (Å²) in [7, 11) is 0. The molecule has 106 valence electrons. The van der Waals surface area contributed by atoms with Gasteiger partial charge in [0, 0.05) is 18.6 Å². The molecule has 5 heteroatoms. The molecule has 0 radical (unpaired) electrons. The average Bonchev–Trinajstić information content (AvgIpc) is 2.98. The number of amides is 1. The van der Waals surface area contributed by atoms with E-state index in [4.69, 9.17) is 9.26 Å². The lowest BCUT2D eigenvalue weighted by Crippen LogP contribution is -2.40. The largest absolute Gasteiger partial charge is 0.376 e. The van der Waals surface area contributed by atoms with Gasteiger partial charge in [0.1, 0.15) is 5.76 Å². The second-order valence-corrected chi connectivity index (χ2v) is 5.21. The second-order valence-electron chi connectivity index (χ2n) is 5.21. The van der Waals surface area contributed by atoms with Crippen LogP contribution in [0.1, 0.15) is 43.2 Å². The zero-order chi connectivity index (χ0) is 13.8. The quantitative estimate of drug-likeness (QED) is 0.884. The van der Waals surface area contributed by atoms with Crippen LogP contribution in [0.3, 0.4) is 0 Å². The molecule has 5 nitrogen and oxygen atoms in total. The molecule has 1 fully saturated rings. The highest BCUT2D eigenvalue weighted by Crippen LogP contribution is 2.16. The molecule has 0 unspecified atom stereocenters. The Kier molecular flexibility index (Phi) is 4.58. The number of hydrogen-bond donors (Lipinski definition) is 1. The van der Waals surface area contributed by atoms with Crippen LogP contribution in [0.15, 0.2) is 4.52 Å². The topological polar surface area (TPSA) is 64.4 Å². The predicted molar refractivity (Wildman–Crippen MR) is 70.9 cm³/mol. The number of nitrogens with zero attached hydrogens (tertiary/aromatic N) is 1. The van der Waals surface area contributed by atoms with Crippen molar-refractivity contribution >= 4 is 5.91 Å². The second kappa shape index (κ2) is 6.19. The maximum atomic E-state index is 11.9. The summed E-state index contributed by atoms with van der Waals surface area (Å²) in [6, 6.07) is 0.0830. The van der Waals surface area contributed by atoms with Crippen molar-refractivity contribution in [2.45, 2.75) is 58.6 Å². The van der Waals surface area contributed by atoms with Gasteiger partial charge in [-0.1, -0.05) is 5.16 Å². The Morgan fingerprint density at radius 2 is 2.32 bits per heavy atom. The van der Waals surface area contributed by atoms with E-state index in [0.29, 0.717) is 12.8 Å². The van der Waals surface area contributed by atoms with E-state index >= 15 is 0 Å². The lowest BCUT2D eigenvalue weighted by molar-refractivity contribution is -0.122. The molecular formula is C14H22N2O3. The van der Waals surface area contributed by atoms with Crippen molar-refractivity contribution < 1.29 is 14.1 Å². The summed E-state index contributed by atoms with van der Waals surface area (Å²) in [5.74, 6) is 0.862. The molecule has 0 spiro atoms. The van der Waals surface area contributed by atoms with Gasteiger partial charge in [-0.25, -0.2) is 0 Å². The molecule has 1 aromatic heterocycles. The molecule has 1 aliphatic heterocycles. The van der Waals surface area contributed by atoms with Gasteiger partial charge >= 0.3 is 0 Å². The molecule has 0 bridgehead atoms. The smallest absolute Gasteiger partial charge is 0.220 e. The van der Waals surface area contributed by atoms with Crippen LogP contribution in [0, 0.1) is 13.8 Å². The maximum absolute atomic E-state index is 11.9. The Hall–Kier alpha value is -1.36. The van der Waals surface area contributed by atoms with Crippen LogP contribution >= 0.6 is 0 Å². The lowest BCUT2D eigenvalue weighted by Gasteiger charge is -2.19. The third-order valence-electron chi connectivity index (χ3n) is 3.69. The zero-order valence-corrected chi connectivity index (χ0v) is 11.9. The Bertz CT molecular complexity index is 416. The van der Waals surface area contributed by atoms with Crippen molar-refractivity contribution in [3.05, 3.63) is 17.0 Å². The number of ether oxygens (including phenoxy) is 1. The first-order valence-corrected chi connectivity index (χ1v) is 6.90. The highest BCUT2D eigenvalue weighted by atomic mass is 16.5. The fourth-order valence-corrected chi connectivity index (χ4v) is 2.51. The molecule has 0 aliphatic carbocycles. The molecule has 0 aromatic carbocycles. The van der Waals surface area contributed by atoms with Crippen molar-refractivity contribution in [3.8, 4) is 0 Å². The number of rotatable bonds is 5. The fraction of sp³-hybridized carbons (Fsp3) is 0.714. The Labute approximate surface area is 113 Å². The van der Waals surface area contributed by atoms with Gasteiger partial charge in [0.05, 0.1) is 17.8 Å². The van der Waals surface area contributed by atoms with Gasteiger partial charge in [-0.15, -0.1) is 0 Å². The van der Waals surface area contributed by atoms with Gasteiger partial charge in [-0.05, 0) is 40.0 Å². The van der Waals surface area contributed by atoms with Crippen molar-refractivity contribution in [1.29, 1.82) is 0 Å². The first-order chi connectivity index (χ1) is 9.08. The number of hydrogen-bond acceptors (Lipinski definition) is 4. The van der Waals surface area contributed by atoms with Gasteiger partial charge < -0.3 is 14.6 Å². The van der Waals surface area contributed by atoms with E-state index < -0.39 is 0 Å². The van der Waals surface area contributed by atoms with Crippen LogP contribution < -0.4 is 5.32 Å². The zero-order valence-electron chi connectivity index (χ0n) is 11.9. The summed E-state index contributed by atoms with van der Waals surface area (Å²) in [4.78, 5) is 11.9. The molecule has 2 atom stereocenters. The highest BCUT2D eigenvalue weighted by molar-refractivity contribution is 5.76. The van der Waals surface area contributed by atoms with Crippen molar-refractivity contribution in [2.24, 2.45) is 0 Å². The summed E-state index contributed by atoms with van der Waals surface area (Å²) in [6.45, 7) is 6.59. The van der Waals surface area contributed by atoms with Gasteiger partial charge in [0.15, 0.2) is 0 Å². The van der Waals surface area contributed by atoms with Crippen molar-refractivity contribution in [3.63, 3.8) is 0 Å². The molecule has 1 aliphatic rings. The van der Waals surface area contributed by atoms with Gasteiger partial charge in [0.25, 0.3) is 0 Å². The first-order valence-electron chi connectivity index (χ1n) is 6.90. The van der Waals surface area contributed by atoms with E-state index in [9.17, 15) is 4.79 Å². The SMILES string of the molecule is Cc1noc(C)c1CCC(=O)N[C@H](C)[C@H]1CCCO1. The number of carbonyl (C=O) groups is 1. The van der Waals surface area contributed by atoms with Gasteiger partial charge in [-0.3, -0.25) is 4.79 Å². The van der Waals surface area contributed by atoms with Crippen LogP contribution in [0.25, 0.3) is 0 Å². The summed E-state index contributed by atoms with van der Waals surface area (Å²) >= 11 is 0. The van der Waals surface area contributed by atoms with Crippen LogP contribution in [0.5, 0.6) is 0 Å².